The van der Waals surface area contributed by atoms with E-state index in [9.17, 15) is 9.59 Å². The summed E-state index contributed by atoms with van der Waals surface area (Å²) in [6.07, 6.45) is 7.16. The van der Waals surface area contributed by atoms with Gasteiger partial charge in [-0.25, -0.2) is 9.78 Å². The topological polar surface area (TPSA) is 70.9 Å². The molecule has 1 aliphatic carbocycles. The van der Waals surface area contributed by atoms with Crippen molar-refractivity contribution in [1.82, 2.24) is 24.3 Å². The van der Waals surface area contributed by atoms with Gasteiger partial charge in [0.05, 0.1) is 12.6 Å². The highest BCUT2D eigenvalue weighted by atomic mass is 16.6. The number of carbonyl (C=O) groups excluding carboxylic acids is 2. The molecule has 3 saturated heterocycles. The van der Waals surface area contributed by atoms with Gasteiger partial charge in [0.15, 0.2) is 0 Å². The summed E-state index contributed by atoms with van der Waals surface area (Å²) in [5.74, 6) is 1.59. The Bertz CT molecular complexity index is 750. The van der Waals surface area contributed by atoms with E-state index in [1.54, 1.807) is 0 Å². The number of carbonyl (C=O) groups is 2. The van der Waals surface area contributed by atoms with Crippen molar-refractivity contribution in [2.45, 2.75) is 43.9 Å². The fraction of sp³-hybridized carbons (Fsp3) is 0.737. The zero-order chi connectivity index (χ0) is 18.6. The van der Waals surface area contributed by atoms with Crippen LogP contribution in [0.2, 0.25) is 0 Å². The molecule has 1 atom stereocenters. The molecule has 4 aliphatic rings. The smallest absolute Gasteiger partial charge is 0.410 e. The van der Waals surface area contributed by atoms with Crippen LogP contribution < -0.4 is 0 Å². The number of hydrogen-bond acceptors (Lipinski definition) is 5. The van der Waals surface area contributed by atoms with Crippen LogP contribution in [0.5, 0.6) is 0 Å². The number of nitrogens with zero attached hydrogens (tertiary/aromatic N) is 5. The normalized spacial score (nSPS) is 27.7. The molecule has 4 fully saturated rings. The Morgan fingerprint density at radius 2 is 2.04 bits per heavy atom. The Balaban J connectivity index is 1.28. The van der Waals surface area contributed by atoms with E-state index >= 15 is 0 Å². The third kappa shape index (κ3) is 2.90. The molecule has 2 amide bonds. The van der Waals surface area contributed by atoms with Gasteiger partial charge in [0, 0.05) is 70.9 Å². The Morgan fingerprint density at radius 3 is 2.70 bits per heavy atom. The molecule has 5 rings (SSSR count). The van der Waals surface area contributed by atoms with Crippen molar-refractivity contribution in [3.63, 3.8) is 0 Å². The van der Waals surface area contributed by atoms with E-state index < -0.39 is 5.60 Å². The SMILES string of the molecule is Cn1ccnc1CN1CCN2C(=O)OC3(CCN(C(=O)C4CC4)CC3)C2C1. The minimum atomic E-state index is -0.447. The fourth-order valence-corrected chi connectivity index (χ4v) is 4.83. The first-order valence-electron chi connectivity index (χ1n) is 10.0. The number of piperidine rings is 1. The summed E-state index contributed by atoms with van der Waals surface area (Å²) < 4.78 is 7.99. The van der Waals surface area contributed by atoms with E-state index in [0.717, 1.165) is 51.1 Å². The monoisotopic (exact) mass is 373 g/mol. The number of piperazine rings is 1. The minimum absolute atomic E-state index is 0.0668. The standard InChI is InChI=1S/C19H27N5O3/c1-21-9-6-20-16(21)13-22-10-11-24-15(12-22)19(27-18(24)26)4-7-23(8-5-19)17(25)14-2-3-14/h6,9,14-15H,2-5,7-8,10-13H2,1H3. The van der Waals surface area contributed by atoms with Crippen molar-refractivity contribution in [1.29, 1.82) is 0 Å². The van der Waals surface area contributed by atoms with E-state index in [2.05, 4.69) is 9.88 Å². The van der Waals surface area contributed by atoms with Crippen molar-refractivity contribution in [2.75, 3.05) is 32.7 Å². The Hall–Kier alpha value is -2.09. The molecule has 27 heavy (non-hydrogen) atoms. The lowest BCUT2D eigenvalue weighted by molar-refractivity contribution is -0.137. The molecule has 8 heteroatoms. The molecule has 0 N–H and O–H groups in total. The largest absolute Gasteiger partial charge is 0.440 e. The molecule has 8 nitrogen and oxygen atoms in total. The second kappa shape index (κ2) is 6.22. The Morgan fingerprint density at radius 1 is 1.26 bits per heavy atom. The van der Waals surface area contributed by atoms with Gasteiger partial charge in [-0.2, -0.15) is 0 Å². The summed E-state index contributed by atoms with van der Waals surface area (Å²) in [7, 11) is 2.01. The van der Waals surface area contributed by atoms with Gasteiger partial charge >= 0.3 is 6.09 Å². The number of ether oxygens (including phenoxy) is 1. The summed E-state index contributed by atoms with van der Waals surface area (Å²) in [5.41, 5.74) is -0.447. The molecule has 3 aliphatic heterocycles. The third-order valence-corrected chi connectivity index (χ3v) is 6.73. The number of fused-ring (bicyclic) bond motifs is 2. The number of hydrogen-bond donors (Lipinski definition) is 0. The van der Waals surface area contributed by atoms with Crippen LogP contribution in [0.3, 0.4) is 0 Å². The second-order valence-electron chi connectivity index (χ2n) is 8.43. The minimum Gasteiger partial charge on any atom is -0.440 e. The first-order chi connectivity index (χ1) is 13.1. The molecule has 1 spiro atoms. The van der Waals surface area contributed by atoms with E-state index in [1.165, 1.54) is 0 Å². The van der Waals surface area contributed by atoms with Gasteiger partial charge in [-0.15, -0.1) is 0 Å². The van der Waals surface area contributed by atoms with Gasteiger partial charge in [0.25, 0.3) is 0 Å². The van der Waals surface area contributed by atoms with Crippen LogP contribution in [0.15, 0.2) is 12.4 Å². The number of rotatable bonds is 3. The average Bonchev–Trinajstić information content (AvgIpc) is 3.40. The maximum Gasteiger partial charge on any atom is 0.410 e. The lowest BCUT2D eigenvalue weighted by Crippen LogP contribution is -2.60. The maximum atomic E-state index is 12.5. The third-order valence-electron chi connectivity index (χ3n) is 6.73. The van der Waals surface area contributed by atoms with E-state index in [4.69, 9.17) is 4.74 Å². The van der Waals surface area contributed by atoms with E-state index in [1.807, 2.05) is 33.8 Å². The maximum absolute atomic E-state index is 12.5. The zero-order valence-electron chi connectivity index (χ0n) is 15.8. The number of imidazole rings is 1. The molecule has 4 heterocycles. The number of aryl methyl sites for hydroxylation is 1. The first kappa shape index (κ1) is 17.0. The summed E-state index contributed by atoms with van der Waals surface area (Å²) >= 11 is 0. The molecular formula is C19H27N5O3. The quantitative estimate of drug-likeness (QED) is 0.785. The van der Waals surface area contributed by atoms with Crippen LogP contribution in [0.25, 0.3) is 0 Å². The Labute approximate surface area is 159 Å². The van der Waals surface area contributed by atoms with Gasteiger partial charge in [0.2, 0.25) is 5.91 Å². The first-order valence-corrected chi connectivity index (χ1v) is 10.0. The zero-order valence-corrected chi connectivity index (χ0v) is 15.8. The van der Waals surface area contributed by atoms with Crippen LogP contribution in [0.1, 0.15) is 31.5 Å². The fourth-order valence-electron chi connectivity index (χ4n) is 4.83. The van der Waals surface area contributed by atoms with Gasteiger partial charge in [-0.1, -0.05) is 0 Å². The Kier molecular flexibility index (Phi) is 3.93. The molecule has 1 saturated carbocycles. The van der Waals surface area contributed by atoms with Crippen LogP contribution in [0.4, 0.5) is 4.79 Å². The molecule has 0 aromatic carbocycles. The van der Waals surface area contributed by atoms with Crippen molar-refractivity contribution in [2.24, 2.45) is 13.0 Å². The van der Waals surface area contributed by atoms with E-state index in [-0.39, 0.29) is 18.1 Å². The molecule has 0 radical (unpaired) electrons. The van der Waals surface area contributed by atoms with Crippen LogP contribution >= 0.6 is 0 Å². The molecule has 1 aromatic heterocycles. The van der Waals surface area contributed by atoms with Crippen molar-refractivity contribution >= 4 is 12.0 Å². The van der Waals surface area contributed by atoms with Crippen molar-refractivity contribution in [3.05, 3.63) is 18.2 Å². The van der Waals surface area contributed by atoms with Crippen molar-refractivity contribution in [3.8, 4) is 0 Å². The summed E-state index contributed by atoms with van der Waals surface area (Å²) in [6, 6.07) is 0.0668. The van der Waals surface area contributed by atoms with Gasteiger partial charge in [-0.3, -0.25) is 14.6 Å². The summed E-state index contributed by atoms with van der Waals surface area (Å²) in [6.45, 7) is 4.51. The number of aromatic nitrogens is 2. The number of likely N-dealkylation sites (tertiary alicyclic amines) is 1. The highest BCUT2D eigenvalue weighted by Crippen LogP contribution is 2.41. The molecule has 146 valence electrons. The molecular weight excluding hydrogens is 346 g/mol. The van der Waals surface area contributed by atoms with Crippen molar-refractivity contribution < 1.29 is 14.3 Å². The molecule has 0 bridgehead atoms. The molecule has 1 aromatic rings. The van der Waals surface area contributed by atoms with Gasteiger partial charge in [0.1, 0.15) is 11.4 Å². The lowest BCUT2D eigenvalue weighted by atomic mass is 9.83. The lowest BCUT2D eigenvalue weighted by Gasteiger charge is -2.45. The average molecular weight is 373 g/mol. The summed E-state index contributed by atoms with van der Waals surface area (Å²) in [4.78, 5) is 35.5. The summed E-state index contributed by atoms with van der Waals surface area (Å²) in [5, 5.41) is 0. The number of amides is 2. The highest BCUT2D eigenvalue weighted by Gasteiger charge is 2.57. The predicted molar refractivity (Wildman–Crippen MR) is 96.7 cm³/mol. The second-order valence-corrected chi connectivity index (χ2v) is 8.43. The molecule has 1 unspecified atom stereocenters. The van der Waals surface area contributed by atoms with Gasteiger partial charge in [-0.05, 0) is 12.8 Å². The van der Waals surface area contributed by atoms with E-state index in [0.29, 0.717) is 25.5 Å². The predicted octanol–water partition coefficient (Wildman–Crippen LogP) is 0.828. The van der Waals surface area contributed by atoms with Crippen LogP contribution in [0, 0.1) is 5.92 Å². The highest BCUT2D eigenvalue weighted by molar-refractivity contribution is 5.81. The van der Waals surface area contributed by atoms with Crippen LogP contribution in [-0.2, 0) is 23.1 Å². The van der Waals surface area contributed by atoms with Gasteiger partial charge < -0.3 is 14.2 Å². The van der Waals surface area contributed by atoms with Crippen LogP contribution in [-0.4, -0.2) is 80.6 Å².